The highest BCUT2D eigenvalue weighted by Crippen LogP contribution is 2.33. The van der Waals surface area contributed by atoms with Crippen LogP contribution >= 0.6 is 0 Å². The second kappa shape index (κ2) is 7.75. The number of ether oxygens (including phenoxy) is 2. The van der Waals surface area contributed by atoms with E-state index in [-0.39, 0.29) is 25.6 Å². The van der Waals surface area contributed by atoms with Crippen LogP contribution in [0.2, 0.25) is 0 Å². The molecule has 0 saturated heterocycles. The predicted octanol–water partition coefficient (Wildman–Crippen LogP) is 2.93. The second-order valence-electron chi connectivity index (χ2n) is 5.53. The van der Waals surface area contributed by atoms with E-state index in [0.29, 0.717) is 22.4 Å². The molecular weight excluding hydrogens is 343 g/mol. The molecule has 0 aromatic heterocycles. The lowest BCUT2D eigenvalue weighted by Gasteiger charge is -2.19. The lowest BCUT2D eigenvalue weighted by Crippen LogP contribution is -2.20. The SMILES string of the molecule is O=C(/C=C\c1cc([N+](=O)[O-])cc2c1OCOC2)NCc1ccccc1F. The molecular formula is C18H15FN2O5. The normalized spacial score (nSPS) is 13.1. The molecule has 1 aliphatic rings. The molecule has 0 fully saturated rings. The van der Waals surface area contributed by atoms with Gasteiger partial charge in [0, 0.05) is 41.4 Å². The molecule has 7 nitrogen and oxygen atoms in total. The Hall–Kier alpha value is -3.26. The van der Waals surface area contributed by atoms with Crippen LogP contribution in [0.5, 0.6) is 5.75 Å². The van der Waals surface area contributed by atoms with Crippen molar-refractivity contribution in [2.24, 2.45) is 0 Å². The molecule has 26 heavy (non-hydrogen) atoms. The summed E-state index contributed by atoms with van der Waals surface area (Å²) in [6.45, 7) is 0.260. The molecule has 0 unspecified atom stereocenters. The maximum absolute atomic E-state index is 13.5. The Kier molecular flexibility index (Phi) is 5.23. The van der Waals surface area contributed by atoms with E-state index in [1.54, 1.807) is 18.2 Å². The van der Waals surface area contributed by atoms with Crippen LogP contribution in [-0.4, -0.2) is 17.6 Å². The molecule has 2 aromatic carbocycles. The fraction of sp³-hybridized carbons (Fsp3) is 0.167. The standard InChI is InChI=1S/C18H15FN2O5/c19-16-4-2-1-3-13(16)9-20-17(22)6-5-12-7-15(21(23)24)8-14-10-25-11-26-18(12)14/h1-8H,9-11H2,(H,20,22)/b6-5-. The van der Waals surface area contributed by atoms with E-state index in [0.717, 1.165) is 0 Å². The molecule has 0 radical (unpaired) electrons. The van der Waals surface area contributed by atoms with E-state index in [1.807, 2.05) is 0 Å². The first-order valence-corrected chi connectivity index (χ1v) is 7.76. The molecule has 0 bridgehead atoms. The van der Waals surface area contributed by atoms with Gasteiger partial charge in [-0.25, -0.2) is 4.39 Å². The fourth-order valence-electron chi connectivity index (χ4n) is 2.51. The van der Waals surface area contributed by atoms with Crippen LogP contribution in [0, 0.1) is 15.9 Å². The molecule has 1 amide bonds. The monoisotopic (exact) mass is 358 g/mol. The van der Waals surface area contributed by atoms with Gasteiger partial charge in [-0.05, 0) is 12.1 Å². The van der Waals surface area contributed by atoms with Gasteiger partial charge in [-0.3, -0.25) is 14.9 Å². The van der Waals surface area contributed by atoms with Crippen LogP contribution in [0.1, 0.15) is 16.7 Å². The first kappa shape index (κ1) is 17.6. The first-order valence-electron chi connectivity index (χ1n) is 7.76. The van der Waals surface area contributed by atoms with E-state index in [1.165, 1.54) is 30.4 Å². The van der Waals surface area contributed by atoms with E-state index in [9.17, 15) is 19.3 Å². The summed E-state index contributed by atoms with van der Waals surface area (Å²) in [4.78, 5) is 22.5. The van der Waals surface area contributed by atoms with E-state index < -0.39 is 16.6 Å². The van der Waals surface area contributed by atoms with Crippen molar-refractivity contribution in [1.29, 1.82) is 0 Å². The van der Waals surface area contributed by atoms with Gasteiger partial charge < -0.3 is 14.8 Å². The molecule has 2 aromatic rings. The van der Waals surface area contributed by atoms with Gasteiger partial charge in [0.1, 0.15) is 11.6 Å². The van der Waals surface area contributed by atoms with Crippen molar-refractivity contribution in [1.82, 2.24) is 5.32 Å². The van der Waals surface area contributed by atoms with E-state index in [2.05, 4.69) is 5.32 Å². The van der Waals surface area contributed by atoms with Crippen LogP contribution in [0.4, 0.5) is 10.1 Å². The molecule has 8 heteroatoms. The first-order chi connectivity index (χ1) is 12.5. The maximum atomic E-state index is 13.5. The number of nitro benzene ring substituents is 1. The molecule has 0 aliphatic carbocycles. The lowest BCUT2D eigenvalue weighted by atomic mass is 10.1. The summed E-state index contributed by atoms with van der Waals surface area (Å²) < 4.78 is 24.1. The summed E-state index contributed by atoms with van der Waals surface area (Å²) in [7, 11) is 0. The highest BCUT2D eigenvalue weighted by atomic mass is 19.1. The average molecular weight is 358 g/mol. The topological polar surface area (TPSA) is 90.7 Å². The smallest absolute Gasteiger partial charge is 0.270 e. The van der Waals surface area contributed by atoms with Crippen molar-refractivity contribution in [3.63, 3.8) is 0 Å². The molecule has 1 N–H and O–H groups in total. The van der Waals surface area contributed by atoms with E-state index >= 15 is 0 Å². The highest BCUT2D eigenvalue weighted by Gasteiger charge is 2.19. The third-order valence-corrected chi connectivity index (χ3v) is 3.76. The minimum atomic E-state index is -0.523. The minimum Gasteiger partial charge on any atom is -0.467 e. The number of carbonyl (C=O) groups is 1. The number of amides is 1. The average Bonchev–Trinajstić information content (AvgIpc) is 2.65. The Morgan fingerprint density at radius 2 is 2.15 bits per heavy atom. The van der Waals surface area contributed by atoms with Gasteiger partial charge >= 0.3 is 0 Å². The van der Waals surface area contributed by atoms with Gasteiger partial charge in [-0.1, -0.05) is 18.2 Å². The Balaban J connectivity index is 1.75. The zero-order chi connectivity index (χ0) is 18.5. The van der Waals surface area contributed by atoms with Crippen molar-refractivity contribution in [2.75, 3.05) is 6.79 Å². The summed E-state index contributed by atoms with van der Waals surface area (Å²) in [5.74, 6) is -0.418. The van der Waals surface area contributed by atoms with Crippen LogP contribution in [0.25, 0.3) is 6.08 Å². The largest absolute Gasteiger partial charge is 0.467 e. The van der Waals surface area contributed by atoms with Crippen molar-refractivity contribution < 1.29 is 23.6 Å². The van der Waals surface area contributed by atoms with Crippen molar-refractivity contribution in [3.8, 4) is 5.75 Å². The third-order valence-electron chi connectivity index (χ3n) is 3.76. The van der Waals surface area contributed by atoms with Gasteiger partial charge in [-0.15, -0.1) is 0 Å². The van der Waals surface area contributed by atoms with Crippen LogP contribution in [0.15, 0.2) is 42.5 Å². The second-order valence-corrected chi connectivity index (χ2v) is 5.53. The number of nitro groups is 1. The van der Waals surface area contributed by atoms with Crippen LogP contribution in [-0.2, 0) is 22.7 Å². The van der Waals surface area contributed by atoms with Crippen LogP contribution < -0.4 is 10.1 Å². The van der Waals surface area contributed by atoms with Gasteiger partial charge in [0.25, 0.3) is 5.69 Å². The number of nitrogens with zero attached hydrogens (tertiary/aromatic N) is 1. The Morgan fingerprint density at radius 1 is 1.35 bits per heavy atom. The van der Waals surface area contributed by atoms with Crippen molar-refractivity contribution in [2.45, 2.75) is 13.2 Å². The predicted molar refractivity (Wildman–Crippen MR) is 90.7 cm³/mol. The van der Waals surface area contributed by atoms with Crippen molar-refractivity contribution >= 4 is 17.7 Å². The van der Waals surface area contributed by atoms with Gasteiger partial charge in [-0.2, -0.15) is 0 Å². The van der Waals surface area contributed by atoms with E-state index in [4.69, 9.17) is 9.47 Å². The molecule has 3 rings (SSSR count). The summed E-state index contributed by atoms with van der Waals surface area (Å²) in [6.07, 6.45) is 2.65. The summed E-state index contributed by atoms with van der Waals surface area (Å²) in [5.41, 5.74) is 1.18. The van der Waals surface area contributed by atoms with Gasteiger partial charge in [0.15, 0.2) is 6.79 Å². The zero-order valence-electron chi connectivity index (χ0n) is 13.6. The zero-order valence-corrected chi connectivity index (χ0v) is 13.6. The number of benzene rings is 2. The number of halogens is 1. The molecule has 0 atom stereocenters. The third kappa shape index (κ3) is 4.04. The number of nitrogens with one attached hydrogen (secondary N) is 1. The summed E-state index contributed by atoms with van der Waals surface area (Å²) in [5, 5.41) is 13.6. The summed E-state index contributed by atoms with van der Waals surface area (Å²) in [6, 6.07) is 8.83. The molecule has 0 saturated carbocycles. The van der Waals surface area contributed by atoms with Crippen molar-refractivity contribution in [3.05, 3.63) is 75.1 Å². The number of non-ortho nitro benzene ring substituents is 1. The minimum absolute atomic E-state index is 0.0329. The maximum Gasteiger partial charge on any atom is 0.270 e. The lowest BCUT2D eigenvalue weighted by molar-refractivity contribution is -0.385. The quantitative estimate of drug-likeness (QED) is 0.504. The summed E-state index contributed by atoms with van der Waals surface area (Å²) >= 11 is 0. The Bertz CT molecular complexity index is 882. The number of rotatable bonds is 5. The number of carbonyl (C=O) groups excluding carboxylic acids is 1. The molecule has 0 spiro atoms. The highest BCUT2D eigenvalue weighted by molar-refractivity contribution is 5.92. The number of fused-ring (bicyclic) bond motifs is 1. The fourth-order valence-corrected chi connectivity index (χ4v) is 2.51. The van der Waals surface area contributed by atoms with Gasteiger partial charge in [0.2, 0.25) is 5.91 Å². The molecule has 1 heterocycles. The molecule has 134 valence electrons. The number of hydrogen-bond acceptors (Lipinski definition) is 5. The Labute approximate surface area is 148 Å². The molecule has 1 aliphatic heterocycles. The number of hydrogen-bond donors (Lipinski definition) is 1. The van der Waals surface area contributed by atoms with Gasteiger partial charge in [0.05, 0.1) is 11.5 Å². The Morgan fingerprint density at radius 3 is 2.92 bits per heavy atom. The van der Waals surface area contributed by atoms with Crippen LogP contribution in [0.3, 0.4) is 0 Å².